The molecule has 0 amide bonds. The van der Waals surface area contributed by atoms with Crippen molar-refractivity contribution in [1.29, 1.82) is 0 Å². The minimum atomic E-state index is -0.672. The molecule has 0 aromatic rings. The molecule has 0 heterocycles. The van der Waals surface area contributed by atoms with Gasteiger partial charge < -0.3 is 9.47 Å². The Labute approximate surface area is 157 Å². The zero-order valence-electron chi connectivity index (χ0n) is 16.3. The van der Waals surface area contributed by atoms with Crippen molar-refractivity contribution in [1.82, 2.24) is 0 Å². The molecular weight excluding hydrogens is 328 g/mol. The van der Waals surface area contributed by atoms with Crippen LogP contribution in [0.3, 0.4) is 0 Å². The van der Waals surface area contributed by atoms with Gasteiger partial charge in [0, 0.05) is 12.8 Å². The van der Waals surface area contributed by atoms with Gasteiger partial charge in [-0.1, -0.05) is 17.6 Å². The lowest BCUT2D eigenvalue weighted by Crippen LogP contribution is -2.52. The van der Waals surface area contributed by atoms with Crippen molar-refractivity contribution in [3.05, 3.63) is 24.3 Å². The summed E-state index contributed by atoms with van der Waals surface area (Å²) in [5.74, 6) is 0.393. The van der Waals surface area contributed by atoms with E-state index >= 15 is 0 Å². The number of hydrogen-bond donors (Lipinski definition) is 0. The molecule has 3 rings (SSSR count). The maximum atomic E-state index is 13.2. The second-order valence-electron chi connectivity index (χ2n) is 8.74. The molecule has 4 heteroatoms. The van der Waals surface area contributed by atoms with Gasteiger partial charge in [-0.15, -0.1) is 13.2 Å². The molecule has 4 unspecified atom stereocenters. The number of rotatable bonds is 8. The Morgan fingerprint density at radius 3 is 2.19 bits per heavy atom. The van der Waals surface area contributed by atoms with E-state index in [1.165, 1.54) is 0 Å². The van der Waals surface area contributed by atoms with Crippen molar-refractivity contribution in [3.63, 3.8) is 0 Å². The van der Waals surface area contributed by atoms with Crippen molar-refractivity contribution >= 4 is 11.9 Å². The summed E-state index contributed by atoms with van der Waals surface area (Å²) in [6.07, 6.45) is 6.71. The molecule has 3 aliphatic carbocycles. The second-order valence-corrected chi connectivity index (χ2v) is 8.74. The Bertz CT molecular complexity index is 622. The van der Waals surface area contributed by atoms with Gasteiger partial charge >= 0.3 is 11.9 Å². The van der Waals surface area contributed by atoms with E-state index in [2.05, 4.69) is 13.2 Å². The Kier molecular flexibility index (Phi) is 5.32. The minimum Gasteiger partial charge on any atom is -0.465 e. The molecule has 0 radical (unpaired) electrons. The molecule has 0 aromatic carbocycles. The van der Waals surface area contributed by atoms with Crippen LogP contribution < -0.4 is 0 Å². The van der Waals surface area contributed by atoms with Crippen LogP contribution in [-0.2, 0) is 19.1 Å². The van der Waals surface area contributed by atoms with Gasteiger partial charge in [0.1, 0.15) is 0 Å². The van der Waals surface area contributed by atoms with Gasteiger partial charge in [0.05, 0.1) is 24.0 Å². The third-order valence-electron chi connectivity index (χ3n) is 6.97. The fraction of sp³-hybridized carbons (Fsp3) is 0.727. The Balaban J connectivity index is 1.80. The molecule has 144 valence electrons. The molecule has 4 nitrogen and oxygen atoms in total. The third kappa shape index (κ3) is 2.91. The molecule has 3 saturated carbocycles. The van der Waals surface area contributed by atoms with E-state index in [1.54, 1.807) is 0 Å². The summed E-state index contributed by atoms with van der Waals surface area (Å²) in [6.45, 7) is 12.3. The zero-order chi connectivity index (χ0) is 18.9. The van der Waals surface area contributed by atoms with Crippen LogP contribution in [0.4, 0.5) is 0 Å². The lowest BCUT2D eigenvalue weighted by molar-refractivity contribution is -0.182. The van der Waals surface area contributed by atoms with Crippen molar-refractivity contribution in [2.45, 2.75) is 65.2 Å². The highest BCUT2D eigenvalue weighted by atomic mass is 16.5. The predicted octanol–water partition coefficient (Wildman–Crippen LogP) is 4.59. The quantitative estimate of drug-likeness (QED) is 0.469. The van der Waals surface area contributed by atoms with Crippen molar-refractivity contribution < 1.29 is 19.1 Å². The summed E-state index contributed by atoms with van der Waals surface area (Å²) in [5, 5.41) is 0. The van der Waals surface area contributed by atoms with Gasteiger partial charge in [0.15, 0.2) is 0 Å². The van der Waals surface area contributed by atoms with Crippen LogP contribution in [-0.4, -0.2) is 25.2 Å². The number of fused-ring (bicyclic) bond motifs is 5. The van der Waals surface area contributed by atoms with Gasteiger partial charge in [-0.25, -0.2) is 0 Å². The van der Waals surface area contributed by atoms with Gasteiger partial charge in [0.2, 0.25) is 0 Å². The SMILES string of the molecule is C=C(C)CCOC(=O)C12CCC(C1)C1CCCC12C(=O)OCCC(=C)C. The lowest BCUT2D eigenvalue weighted by Gasteiger charge is -2.43. The molecule has 4 atom stereocenters. The summed E-state index contributed by atoms with van der Waals surface area (Å²) >= 11 is 0. The molecule has 0 aromatic heterocycles. The molecule has 3 aliphatic rings. The molecule has 0 aliphatic heterocycles. The van der Waals surface area contributed by atoms with E-state index in [1.807, 2.05) is 13.8 Å². The maximum absolute atomic E-state index is 13.2. The van der Waals surface area contributed by atoms with Crippen LogP contribution in [0.1, 0.15) is 65.2 Å². The van der Waals surface area contributed by atoms with Gasteiger partial charge in [-0.2, -0.15) is 0 Å². The van der Waals surface area contributed by atoms with Crippen molar-refractivity contribution in [2.24, 2.45) is 22.7 Å². The number of carbonyl (C=O) groups is 2. The highest BCUT2D eigenvalue weighted by Crippen LogP contribution is 2.73. The normalized spacial score (nSPS) is 34.4. The number of carbonyl (C=O) groups excluding carboxylic acids is 2. The Hall–Kier alpha value is -1.58. The molecule has 0 saturated heterocycles. The Morgan fingerprint density at radius 2 is 1.58 bits per heavy atom. The molecule has 26 heavy (non-hydrogen) atoms. The van der Waals surface area contributed by atoms with Crippen molar-refractivity contribution in [2.75, 3.05) is 13.2 Å². The van der Waals surface area contributed by atoms with E-state index in [4.69, 9.17) is 9.47 Å². The summed E-state index contributed by atoms with van der Waals surface area (Å²) in [7, 11) is 0. The van der Waals surface area contributed by atoms with Gasteiger partial charge in [-0.3, -0.25) is 9.59 Å². The van der Waals surface area contributed by atoms with Crippen molar-refractivity contribution in [3.8, 4) is 0 Å². The van der Waals surface area contributed by atoms with E-state index in [0.717, 1.165) is 49.7 Å². The highest BCUT2D eigenvalue weighted by Gasteiger charge is 2.75. The van der Waals surface area contributed by atoms with Crippen LogP contribution in [0.25, 0.3) is 0 Å². The molecule has 0 N–H and O–H groups in total. The third-order valence-corrected chi connectivity index (χ3v) is 6.97. The average molecular weight is 360 g/mol. The molecule has 2 bridgehead atoms. The first-order valence-corrected chi connectivity index (χ1v) is 9.97. The second kappa shape index (κ2) is 7.21. The predicted molar refractivity (Wildman–Crippen MR) is 100 cm³/mol. The van der Waals surface area contributed by atoms with Crippen LogP contribution in [0.2, 0.25) is 0 Å². The van der Waals surface area contributed by atoms with Crippen LogP contribution in [0, 0.1) is 22.7 Å². The fourth-order valence-corrected chi connectivity index (χ4v) is 5.82. The Morgan fingerprint density at radius 1 is 0.962 bits per heavy atom. The van der Waals surface area contributed by atoms with Crippen LogP contribution in [0.15, 0.2) is 24.3 Å². The van der Waals surface area contributed by atoms with Crippen LogP contribution in [0.5, 0.6) is 0 Å². The first kappa shape index (κ1) is 19.2. The summed E-state index contributed by atoms with van der Waals surface area (Å²) < 4.78 is 11.4. The monoisotopic (exact) mass is 360 g/mol. The molecule has 0 spiro atoms. The first-order chi connectivity index (χ1) is 12.3. The van der Waals surface area contributed by atoms with E-state index in [9.17, 15) is 9.59 Å². The minimum absolute atomic E-state index is 0.166. The topological polar surface area (TPSA) is 52.6 Å². The van der Waals surface area contributed by atoms with E-state index < -0.39 is 10.8 Å². The lowest BCUT2D eigenvalue weighted by atomic mass is 9.59. The summed E-state index contributed by atoms with van der Waals surface area (Å²) in [4.78, 5) is 26.4. The highest BCUT2D eigenvalue weighted by molar-refractivity contribution is 5.90. The standard InChI is InChI=1S/C22H32O4/c1-15(2)8-12-25-19(23)21-11-7-17(14-21)18-6-5-10-22(18,21)20(24)26-13-9-16(3)4/h17-18H,1,3,5-14H2,2,4H3. The van der Waals surface area contributed by atoms with Gasteiger partial charge in [-0.05, 0) is 57.8 Å². The number of esters is 2. The maximum Gasteiger partial charge on any atom is 0.313 e. The number of hydrogen-bond acceptors (Lipinski definition) is 4. The average Bonchev–Trinajstić information content (AvgIpc) is 3.25. The smallest absolute Gasteiger partial charge is 0.313 e. The van der Waals surface area contributed by atoms with Crippen LogP contribution >= 0.6 is 0 Å². The van der Waals surface area contributed by atoms with E-state index in [-0.39, 0.29) is 17.9 Å². The fourth-order valence-electron chi connectivity index (χ4n) is 5.82. The summed E-state index contributed by atoms with van der Waals surface area (Å²) in [5.41, 5.74) is 0.665. The molecular formula is C22H32O4. The zero-order valence-corrected chi connectivity index (χ0v) is 16.3. The molecule has 3 fully saturated rings. The summed E-state index contributed by atoms with van der Waals surface area (Å²) in [6, 6.07) is 0. The number of ether oxygens (including phenoxy) is 2. The largest absolute Gasteiger partial charge is 0.465 e. The van der Waals surface area contributed by atoms with Gasteiger partial charge in [0.25, 0.3) is 0 Å². The van der Waals surface area contributed by atoms with E-state index in [0.29, 0.717) is 32.0 Å². The first-order valence-electron chi connectivity index (χ1n) is 9.97.